The van der Waals surface area contributed by atoms with Gasteiger partial charge in [-0.15, -0.1) is 0 Å². The smallest absolute Gasteiger partial charge is 0.336 e. The number of benzene rings is 1. The number of nitrogens with one attached hydrogen (secondary N) is 1. The first kappa shape index (κ1) is 16.3. The summed E-state index contributed by atoms with van der Waals surface area (Å²) in [5.41, 5.74) is 0.260. The summed E-state index contributed by atoms with van der Waals surface area (Å²) in [5, 5.41) is 9.06. The molecule has 1 unspecified atom stereocenters. The normalized spacial score (nSPS) is 20.2. The van der Waals surface area contributed by atoms with Gasteiger partial charge < -0.3 is 5.11 Å². The third kappa shape index (κ3) is 3.75. The van der Waals surface area contributed by atoms with Crippen molar-refractivity contribution in [1.82, 2.24) is 4.31 Å². The van der Waals surface area contributed by atoms with Gasteiger partial charge in [0, 0.05) is 17.1 Å². The second-order valence-corrected chi connectivity index (χ2v) is 7.54. The molecule has 21 heavy (non-hydrogen) atoms. The fraction of sp³-hybridized carbons (Fsp3) is 0.462. The van der Waals surface area contributed by atoms with Crippen LogP contribution >= 0.6 is 15.9 Å². The Bertz CT molecular complexity index is 648. The van der Waals surface area contributed by atoms with Gasteiger partial charge >= 0.3 is 16.2 Å². The maximum absolute atomic E-state index is 12.4. The van der Waals surface area contributed by atoms with Crippen LogP contribution in [0.1, 0.15) is 36.5 Å². The van der Waals surface area contributed by atoms with E-state index in [1.807, 2.05) is 6.92 Å². The molecule has 1 aliphatic heterocycles. The molecule has 0 aliphatic carbocycles. The minimum Gasteiger partial charge on any atom is -0.478 e. The fourth-order valence-electron chi connectivity index (χ4n) is 2.39. The van der Waals surface area contributed by atoms with E-state index in [4.69, 9.17) is 5.11 Å². The Hall–Kier alpha value is -1.12. The number of hydrogen-bond donors (Lipinski definition) is 2. The molecule has 0 aromatic heterocycles. The minimum absolute atomic E-state index is 0.0156. The predicted molar refractivity (Wildman–Crippen MR) is 83.7 cm³/mol. The first-order valence-corrected chi connectivity index (χ1v) is 8.87. The predicted octanol–water partition coefficient (Wildman–Crippen LogP) is 2.68. The maximum atomic E-state index is 12.4. The van der Waals surface area contributed by atoms with Crippen LogP contribution in [0.2, 0.25) is 0 Å². The molecule has 8 heteroatoms. The first-order valence-electron chi connectivity index (χ1n) is 6.63. The molecule has 1 aromatic carbocycles. The lowest BCUT2D eigenvalue weighted by atomic mass is 10.1. The van der Waals surface area contributed by atoms with E-state index in [-0.39, 0.29) is 17.3 Å². The van der Waals surface area contributed by atoms with E-state index < -0.39 is 16.2 Å². The number of carbonyl (C=O) groups is 1. The highest BCUT2D eigenvalue weighted by Gasteiger charge is 2.29. The molecule has 116 valence electrons. The summed E-state index contributed by atoms with van der Waals surface area (Å²) in [6.07, 6.45) is 2.70. The lowest BCUT2D eigenvalue weighted by molar-refractivity contribution is 0.0696. The van der Waals surface area contributed by atoms with Crippen LogP contribution in [0.4, 0.5) is 5.69 Å². The molecule has 0 spiro atoms. The van der Waals surface area contributed by atoms with Gasteiger partial charge in [-0.05, 0) is 53.9 Å². The van der Waals surface area contributed by atoms with E-state index in [0.29, 0.717) is 11.0 Å². The molecule has 1 aliphatic rings. The SMILES string of the molecule is CC1CCCCN1S(=O)(=O)Nc1ccc(Br)c(C(=O)O)c1. The number of nitrogens with zero attached hydrogens (tertiary/aromatic N) is 1. The van der Waals surface area contributed by atoms with Gasteiger partial charge in [0.15, 0.2) is 0 Å². The van der Waals surface area contributed by atoms with Gasteiger partial charge in [0.1, 0.15) is 0 Å². The largest absolute Gasteiger partial charge is 0.478 e. The van der Waals surface area contributed by atoms with Gasteiger partial charge in [-0.1, -0.05) is 6.42 Å². The molecular formula is C13H17BrN2O4S. The highest BCUT2D eigenvalue weighted by Crippen LogP contribution is 2.25. The Labute approximate surface area is 132 Å². The van der Waals surface area contributed by atoms with Crippen molar-refractivity contribution in [2.24, 2.45) is 0 Å². The van der Waals surface area contributed by atoms with Crippen molar-refractivity contribution in [3.63, 3.8) is 0 Å². The average Bonchev–Trinajstić information content (AvgIpc) is 2.40. The molecule has 2 N–H and O–H groups in total. The van der Waals surface area contributed by atoms with E-state index in [1.165, 1.54) is 22.5 Å². The van der Waals surface area contributed by atoms with E-state index in [1.54, 1.807) is 0 Å². The summed E-state index contributed by atoms with van der Waals surface area (Å²) >= 11 is 3.13. The van der Waals surface area contributed by atoms with Gasteiger partial charge in [0.2, 0.25) is 0 Å². The van der Waals surface area contributed by atoms with Crippen LogP contribution in [-0.2, 0) is 10.2 Å². The second-order valence-electron chi connectivity index (χ2n) is 5.06. The van der Waals surface area contributed by atoms with Crippen molar-refractivity contribution < 1.29 is 18.3 Å². The summed E-state index contributed by atoms with van der Waals surface area (Å²) in [6.45, 7) is 2.36. The lowest BCUT2D eigenvalue weighted by Gasteiger charge is -2.32. The minimum atomic E-state index is -3.67. The summed E-state index contributed by atoms with van der Waals surface area (Å²) in [4.78, 5) is 11.1. The average molecular weight is 377 g/mol. The maximum Gasteiger partial charge on any atom is 0.336 e. The Kier molecular flexibility index (Phi) is 4.90. The Balaban J connectivity index is 2.24. The zero-order valence-corrected chi connectivity index (χ0v) is 13.9. The van der Waals surface area contributed by atoms with Crippen LogP contribution in [-0.4, -0.2) is 36.4 Å². The third-order valence-electron chi connectivity index (χ3n) is 3.49. The third-order valence-corrected chi connectivity index (χ3v) is 5.84. The Morgan fingerprint density at radius 2 is 2.14 bits per heavy atom. The van der Waals surface area contributed by atoms with Crippen molar-refractivity contribution in [2.75, 3.05) is 11.3 Å². The number of carboxylic acid groups (broad SMARTS) is 1. The number of halogens is 1. The van der Waals surface area contributed by atoms with Gasteiger partial charge in [-0.25, -0.2) is 4.79 Å². The molecule has 0 bridgehead atoms. The highest BCUT2D eigenvalue weighted by molar-refractivity contribution is 9.10. The van der Waals surface area contributed by atoms with Crippen molar-refractivity contribution in [3.05, 3.63) is 28.2 Å². The van der Waals surface area contributed by atoms with E-state index in [9.17, 15) is 13.2 Å². The molecular weight excluding hydrogens is 360 g/mol. The van der Waals surface area contributed by atoms with E-state index in [2.05, 4.69) is 20.7 Å². The van der Waals surface area contributed by atoms with Crippen molar-refractivity contribution in [3.8, 4) is 0 Å². The number of rotatable bonds is 4. The molecule has 2 rings (SSSR count). The monoisotopic (exact) mass is 376 g/mol. The van der Waals surface area contributed by atoms with E-state index in [0.717, 1.165) is 19.3 Å². The number of carboxylic acids is 1. The first-order chi connectivity index (χ1) is 9.81. The number of aromatic carboxylic acids is 1. The Morgan fingerprint density at radius 3 is 2.76 bits per heavy atom. The Morgan fingerprint density at radius 1 is 1.43 bits per heavy atom. The molecule has 1 aromatic rings. The van der Waals surface area contributed by atoms with Gasteiger partial charge in [0.25, 0.3) is 0 Å². The fourth-order valence-corrected chi connectivity index (χ4v) is 4.30. The van der Waals surface area contributed by atoms with Crippen molar-refractivity contribution in [2.45, 2.75) is 32.2 Å². The summed E-state index contributed by atoms with van der Waals surface area (Å²) in [6, 6.07) is 4.30. The van der Waals surface area contributed by atoms with E-state index >= 15 is 0 Å². The molecule has 1 atom stereocenters. The summed E-state index contributed by atoms with van der Waals surface area (Å²) < 4.78 is 29.1. The molecule has 1 saturated heterocycles. The molecule has 1 heterocycles. The van der Waals surface area contributed by atoms with Gasteiger partial charge in [-0.2, -0.15) is 12.7 Å². The standard InChI is InChI=1S/C13H17BrN2O4S/c1-9-4-2-3-7-16(9)21(19,20)15-10-5-6-12(14)11(8-10)13(17)18/h5-6,8-9,15H,2-4,7H2,1H3,(H,17,18). The summed E-state index contributed by atoms with van der Waals surface area (Å²) in [5.74, 6) is -1.12. The van der Waals surface area contributed by atoms with Crippen molar-refractivity contribution >= 4 is 37.8 Å². The molecule has 0 radical (unpaired) electrons. The number of hydrogen-bond acceptors (Lipinski definition) is 3. The van der Waals surface area contributed by atoms with Crippen molar-refractivity contribution in [1.29, 1.82) is 0 Å². The van der Waals surface area contributed by atoms with Crippen LogP contribution < -0.4 is 4.72 Å². The molecule has 1 fully saturated rings. The highest BCUT2D eigenvalue weighted by atomic mass is 79.9. The number of anilines is 1. The molecule has 6 nitrogen and oxygen atoms in total. The van der Waals surface area contributed by atoms with Crippen LogP contribution in [0.5, 0.6) is 0 Å². The van der Waals surface area contributed by atoms with Crippen LogP contribution in [0.25, 0.3) is 0 Å². The molecule has 0 saturated carbocycles. The van der Waals surface area contributed by atoms with Crippen LogP contribution in [0.3, 0.4) is 0 Å². The van der Waals surface area contributed by atoms with Gasteiger partial charge in [-0.3, -0.25) is 4.72 Å². The number of piperidine rings is 1. The quantitative estimate of drug-likeness (QED) is 0.845. The molecule has 0 amide bonds. The van der Waals surface area contributed by atoms with Gasteiger partial charge in [0.05, 0.1) is 11.3 Å². The lowest BCUT2D eigenvalue weighted by Crippen LogP contribution is -2.44. The topological polar surface area (TPSA) is 86.7 Å². The van der Waals surface area contributed by atoms with Crippen LogP contribution in [0, 0.1) is 0 Å². The second kappa shape index (κ2) is 6.33. The summed E-state index contributed by atoms with van der Waals surface area (Å²) in [7, 11) is -3.67. The zero-order chi connectivity index (χ0) is 15.6. The zero-order valence-electron chi connectivity index (χ0n) is 11.5. The van der Waals surface area contributed by atoms with Crippen LogP contribution in [0.15, 0.2) is 22.7 Å².